The van der Waals surface area contributed by atoms with Gasteiger partial charge < -0.3 is 5.32 Å². The smallest absolute Gasteiger partial charge is 0.208 e. The third-order valence-electron chi connectivity index (χ3n) is 0.882. The number of rotatable bonds is 1. The maximum absolute atomic E-state index is 5.59. The fraction of sp³-hybridized carbons (Fsp3) is 0.667. The molecule has 1 aromatic heterocycles. The number of nitrogens with one attached hydrogen (secondary N) is 1. The minimum absolute atomic E-state index is 0.0167. The Balaban J connectivity index is 2.65. The van der Waals surface area contributed by atoms with Crippen LogP contribution in [0.5, 0.6) is 0 Å². The zero-order chi connectivity index (χ0) is 8.48. The Labute approximate surface area is 74.8 Å². The summed E-state index contributed by atoms with van der Waals surface area (Å²) in [6.07, 6.45) is 0. The van der Waals surface area contributed by atoms with E-state index in [0.717, 1.165) is 5.13 Å². The first-order valence-corrected chi connectivity index (χ1v) is 4.44. The lowest BCUT2D eigenvalue weighted by molar-refractivity contribution is 0.632. The molecule has 0 aliphatic carbocycles. The Hall–Kier alpha value is -0.350. The molecule has 0 atom stereocenters. The van der Waals surface area contributed by atoms with Crippen LogP contribution in [0.1, 0.15) is 20.8 Å². The van der Waals surface area contributed by atoms with Gasteiger partial charge in [0.1, 0.15) is 0 Å². The zero-order valence-corrected chi connectivity index (χ0v) is 8.25. The summed E-state index contributed by atoms with van der Waals surface area (Å²) in [7, 11) is 0. The van der Waals surface area contributed by atoms with Crippen molar-refractivity contribution < 1.29 is 0 Å². The predicted octanol–water partition coefficient (Wildman–Crippen LogP) is 2.40. The molecule has 0 fully saturated rings. The normalized spacial score (nSPS) is 11.6. The minimum atomic E-state index is 0.0167. The lowest BCUT2D eigenvalue weighted by Crippen LogP contribution is -2.25. The van der Waals surface area contributed by atoms with Gasteiger partial charge in [-0.05, 0) is 32.4 Å². The lowest BCUT2D eigenvalue weighted by atomic mass is 10.1. The van der Waals surface area contributed by atoms with Gasteiger partial charge in [-0.2, -0.15) is 0 Å². The molecule has 1 N–H and O–H groups in total. The van der Waals surface area contributed by atoms with Crippen molar-refractivity contribution in [2.75, 3.05) is 5.32 Å². The van der Waals surface area contributed by atoms with Gasteiger partial charge in [0.15, 0.2) is 0 Å². The molecule has 1 aromatic rings. The van der Waals surface area contributed by atoms with Crippen LogP contribution in [0.4, 0.5) is 5.13 Å². The van der Waals surface area contributed by atoms with Crippen LogP contribution in [0.3, 0.4) is 0 Å². The molecule has 0 bridgehead atoms. The van der Waals surface area contributed by atoms with Gasteiger partial charge in [0.2, 0.25) is 9.60 Å². The molecule has 0 aromatic carbocycles. The highest BCUT2D eigenvalue weighted by molar-refractivity contribution is 7.19. The zero-order valence-electron chi connectivity index (χ0n) is 6.68. The van der Waals surface area contributed by atoms with Crippen LogP contribution in [0.2, 0.25) is 4.47 Å². The van der Waals surface area contributed by atoms with Gasteiger partial charge in [-0.1, -0.05) is 11.3 Å². The molecule has 0 unspecified atom stereocenters. The van der Waals surface area contributed by atoms with Crippen molar-refractivity contribution in [1.29, 1.82) is 0 Å². The number of nitrogens with zero attached hydrogens (tertiary/aromatic N) is 2. The van der Waals surface area contributed by atoms with Crippen LogP contribution in [-0.4, -0.2) is 15.7 Å². The molecule has 3 nitrogen and oxygen atoms in total. The fourth-order valence-corrected chi connectivity index (χ4v) is 1.51. The second-order valence-corrected chi connectivity index (χ2v) is 4.79. The van der Waals surface area contributed by atoms with E-state index in [1.54, 1.807) is 0 Å². The number of hydrogen-bond donors (Lipinski definition) is 1. The average molecular weight is 192 g/mol. The van der Waals surface area contributed by atoms with Gasteiger partial charge in [0.25, 0.3) is 0 Å². The Morgan fingerprint density at radius 3 is 2.36 bits per heavy atom. The number of hydrogen-bond acceptors (Lipinski definition) is 4. The molecule has 62 valence electrons. The van der Waals surface area contributed by atoms with Crippen LogP contribution in [0.15, 0.2) is 0 Å². The van der Waals surface area contributed by atoms with Crippen LogP contribution in [-0.2, 0) is 0 Å². The molecular formula is C6H10ClN3S. The largest absolute Gasteiger partial charge is 0.355 e. The van der Waals surface area contributed by atoms with E-state index in [4.69, 9.17) is 11.6 Å². The number of halogens is 1. The molecule has 0 saturated heterocycles. The van der Waals surface area contributed by atoms with Crippen molar-refractivity contribution in [1.82, 2.24) is 10.2 Å². The molecule has 0 aliphatic rings. The van der Waals surface area contributed by atoms with E-state index in [1.165, 1.54) is 11.3 Å². The molecule has 1 rings (SSSR count). The molecule has 0 amide bonds. The Morgan fingerprint density at radius 2 is 2.00 bits per heavy atom. The third kappa shape index (κ3) is 3.03. The van der Waals surface area contributed by atoms with E-state index >= 15 is 0 Å². The molecule has 11 heavy (non-hydrogen) atoms. The summed E-state index contributed by atoms with van der Waals surface area (Å²) in [5, 5.41) is 11.4. The molecular weight excluding hydrogens is 182 g/mol. The van der Waals surface area contributed by atoms with E-state index in [2.05, 4.69) is 36.3 Å². The average Bonchev–Trinajstić information content (AvgIpc) is 2.10. The van der Waals surface area contributed by atoms with E-state index in [-0.39, 0.29) is 5.54 Å². The summed E-state index contributed by atoms with van der Waals surface area (Å²) in [4.78, 5) is 0. The van der Waals surface area contributed by atoms with Crippen molar-refractivity contribution in [3.63, 3.8) is 0 Å². The van der Waals surface area contributed by atoms with Gasteiger partial charge in [0.05, 0.1) is 0 Å². The highest BCUT2D eigenvalue weighted by Gasteiger charge is 2.11. The number of anilines is 1. The van der Waals surface area contributed by atoms with E-state index in [1.807, 2.05) is 0 Å². The summed E-state index contributed by atoms with van der Waals surface area (Å²) in [5.74, 6) is 0. The minimum Gasteiger partial charge on any atom is -0.355 e. The molecule has 5 heteroatoms. The molecule has 1 heterocycles. The summed E-state index contributed by atoms with van der Waals surface area (Å²) in [6.45, 7) is 6.17. The predicted molar refractivity (Wildman–Crippen MR) is 48.3 cm³/mol. The first-order valence-electron chi connectivity index (χ1n) is 3.24. The van der Waals surface area contributed by atoms with Gasteiger partial charge in [0, 0.05) is 5.54 Å². The molecule has 0 aliphatic heterocycles. The van der Waals surface area contributed by atoms with E-state index in [0.29, 0.717) is 4.47 Å². The van der Waals surface area contributed by atoms with E-state index in [9.17, 15) is 0 Å². The summed E-state index contributed by atoms with van der Waals surface area (Å²) in [6, 6.07) is 0. The van der Waals surface area contributed by atoms with Crippen LogP contribution < -0.4 is 5.32 Å². The molecule has 0 spiro atoms. The van der Waals surface area contributed by atoms with Gasteiger partial charge in [-0.15, -0.1) is 10.2 Å². The molecule has 0 radical (unpaired) electrons. The summed E-state index contributed by atoms with van der Waals surface area (Å²) >= 11 is 6.94. The SMILES string of the molecule is CC(C)(C)Nc1nnc(Cl)s1. The molecule has 0 saturated carbocycles. The lowest BCUT2D eigenvalue weighted by Gasteiger charge is -2.18. The van der Waals surface area contributed by atoms with Crippen molar-refractivity contribution in [3.8, 4) is 0 Å². The van der Waals surface area contributed by atoms with Crippen LogP contribution in [0, 0.1) is 0 Å². The highest BCUT2D eigenvalue weighted by Crippen LogP contribution is 2.22. The maximum Gasteiger partial charge on any atom is 0.208 e. The van der Waals surface area contributed by atoms with Crippen molar-refractivity contribution in [2.24, 2.45) is 0 Å². The quantitative estimate of drug-likeness (QED) is 0.741. The third-order valence-corrected chi connectivity index (χ3v) is 1.82. The Bertz CT molecular complexity index is 240. The maximum atomic E-state index is 5.59. The highest BCUT2D eigenvalue weighted by atomic mass is 35.5. The van der Waals surface area contributed by atoms with Crippen molar-refractivity contribution in [2.45, 2.75) is 26.3 Å². The van der Waals surface area contributed by atoms with Gasteiger partial charge in [-0.3, -0.25) is 0 Å². The van der Waals surface area contributed by atoms with Crippen LogP contribution in [0.25, 0.3) is 0 Å². The van der Waals surface area contributed by atoms with Gasteiger partial charge in [-0.25, -0.2) is 0 Å². The first-order chi connectivity index (χ1) is 4.97. The second-order valence-electron chi connectivity index (χ2n) is 3.24. The van der Waals surface area contributed by atoms with Gasteiger partial charge >= 0.3 is 0 Å². The number of aromatic nitrogens is 2. The summed E-state index contributed by atoms with van der Waals surface area (Å²) < 4.78 is 0.469. The van der Waals surface area contributed by atoms with Crippen LogP contribution >= 0.6 is 22.9 Å². The first kappa shape index (κ1) is 8.74. The van der Waals surface area contributed by atoms with Crippen molar-refractivity contribution >= 4 is 28.1 Å². The second kappa shape index (κ2) is 2.95. The topological polar surface area (TPSA) is 37.8 Å². The standard InChI is InChI=1S/C6H10ClN3S/c1-6(2,3)8-5-10-9-4(7)11-5/h1-3H3,(H,8,10). The Kier molecular flexibility index (Phi) is 2.34. The van der Waals surface area contributed by atoms with Crippen molar-refractivity contribution in [3.05, 3.63) is 4.47 Å². The Morgan fingerprint density at radius 1 is 1.36 bits per heavy atom. The summed E-state index contributed by atoms with van der Waals surface area (Å²) in [5.41, 5.74) is 0.0167. The fourth-order valence-electron chi connectivity index (χ4n) is 0.577. The van der Waals surface area contributed by atoms with E-state index < -0.39 is 0 Å². The monoisotopic (exact) mass is 191 g/mol.